The van der Waals surface area contributed by atoms with E-state index >= 15 is 0 Å². The molecule has 3 aromatic rings. The van der Waals surface area contributed by atoms with E-state index in [4.69, 9.17) is 4.74 Å². The zero-order chi connectivity index (χ0) is 17.6. The highest BCUT2D eigenvalue weighted by Crippen LogP contribution is 2.31. The number of aryl methyl sites for hydroxylation is 1. The fourth-order valence-electron chi connectivity index (χ4n) is 2.61. The predicted octanol–water partition coefficient (Wildman–Crippen LogP) is 6.82. The molecule has 0 aliphatic heterocycles. The van der Waals surface area contributed by atoms with E-state index in [-0.39, 0.29) is 0 Å². The fourth-order valence-corrected chi connectivity index (χ4v) is 2.61. The molecule has 0 saturated carbocycles. The molecule has 0 heterocycles. The zero-order valence-electron chi connectivity index (χ0n) is 14.6. The van der Waals surface area contributed by atoms with Crippen molar-refractivity contribution in [3.05, 3.63) is 84.4 Å². The fraction of sp³-hybridized carbons (Fsp3) is 0.0870. The van der Waals surface area contributed by atoms with Crippen molar-refractivity contribution in [1.82, 2.24) is 0 Å². The summed E-state index contributed by atoms with van der Waals surface area (Å²) in [7, 11) is 0. The minimum Gasteiger partial charge on any atom is -0.457 e. The predicted molar refractivity (Wildman–Crippen MR) is 107 cm³/mol. The van der Waals surface area contributed by atoms with Crippen LogP contribution in [-0.4, -0.2) is 6.21 Å². The quantitative estimate of drug-likeness (QED) is 0.471. The first-order chi connectivity index (χ1) is 12.2. The number of rotatable bonds is 5. The van der Waals surface area contributed by atoms with Crippen molar-refractivity contribution in [3.8, 4) is 22.6 Å². The van der Waals surface area contributed by atoms with Crippen LogP contribution in [0.1, 0.15) is 18.1 Å². The molecule has 0 spiro atoms. The second-order valence-electron chi connectivity index (χ2n) is 5.81. The number of ether oxygens (including phenoxy) is 1. The van der Waals surface area contributed by atoms with E-state index in [0.29, 0.717) is 0 Å². The van der Waals surface area contributed by atoms with Gasteiger partial charge in [0.1, 0.15) is 11.5 Å². The molecule has 0 aliphatic rings. The van der Waals surface area contributed by atoms with Crippen molar-refractivity contribution in [3.63, 3.8) is 0 Å². The maximum atomic E-state index is 6.02. The Bertz CT molecular complexity index is 890. The molecule has 0 N–H and O–H groups in total. The maximum Gasteiger partial charge on any atom is 0.134 e. The SMILES string of the molecule is C=Cc1cc(N=CC)ccc1Oc1ccc(-c2ccc(C)cc2)cc1. The minimum absolute atomic E-state index is 0.771. The Balaban J connectivity index is 1.81. The van der Waals surface area contributed by atoms with Crippen LogP contribution < -0.4 is 4.74 Å². The Morgan fingerprint density at radius 3 is 2.12 bits per heavy atom. The number of hydrogen-bond acceptors (Lipinski definition) is 2. The van der Waals surface area contributed by atoms with Gasteiger partial charge >= 0.3 is 0 Å². The third-order valence-electron chi connectivity index (χ3n) is 3.96. The highest BCUT2D eigenvalue weighted by atomic mass is 16.5. The van der Waals surface area contributed by atoms with E-state index in [9.17, 15) is 0 Å². The molecule has 0 unspecified atom stereocenters. The summed E-state index contributed by atoms with van der Waals surface area (Å²) < 4.78 is 6.02. The van der Waals surface area contributed by atoms with Gasteiger partial charge in [-0.05, 0) is 55.3 Å². The van der Waals surface area contributed by atoms with Gasteiger partial charge in [0, 0.05) is 11.8 Å². The highest BCUT2D eigenvalue weighted by Gasteiger charge is 2.05. The Hall–Kier alpha value is -3.13. The normalized spacial score (nSPS) is 10.8. The molecule has 0 atom stereocenters. The number of aliphatic imine (C=N–C) groups is 1. The third-order valence-corrected chi connectivity index (χ3v) is 3.96. The van der Waals surface area contributed by atoms with Gasteiger partial charge in [-0.15, -0.1) is 0 Å². The van der Waals surface area contributed by atoms with Crippen molar-refractivity contribution in [2.45, 2.75) is 13.8 Å². The van der Waals surface area contributed by atoms with Gasteiger partial charge in [-0.25, -0.2) is 0 Å². The van der Waals surface area contributed by atoms with E-state index in [0.717, 1.165) is 22.7 Å². The largest absolute Gasteiger partial charge is 0.457 e. The van der Waals surface area contributed by atoms with Crippen LogP contribution in [0.5, 0.6) is 11.5 Å². The van der Waals surface area contributed by atoms with Crippen LogP contribution in [-0.2, 0) is 0 Å². The van der Waals surface area contributed by atoms with Crippen LogP contribution in [0, 0.1) is 6.92 Å². The number of nitrogens with zero attached hydrogens (tertiary/aromatic N) is 1. The first kappa shape index (κ1) is 16.7. The molecule has 0 amide bonds. The highest BCUT2D eigenvalue weighted by molar-refractivity contribution is 5.67. The lowest BCUT2D eigenvalue weighted by Gasteiger charge is -2.10. The molecule has 2 heteroatoms. The number of benzene rings is 3. The average Bonchev–Trinajstić information content (AvgIpc) is 2.64. The molecular weight excluding hydrogens is 306 g/mol. The molecule has 2 nitrogen and oxygen atoms in total. The van der Waals surface area contributed by atoms with Gasteiger partial charge in [0.25, 0.3) is 0 Å². The molecule has 0 aliphatic carbocycles. The first-order valence-electron chi connectivity index (χ1n) is 8.30. The lowest BCUT2D eigenvalue weighted by atomic mass is 10.0. The molecule has 0 radical (unpaired) electrons. The molecule has 0 fully saturated rings. The molecule has 124 valence electrons. The molecular formula is C23H21NO. The van der Waals surface area contributed by atoms with E-state index < -0.39 is 0 Å². The topological polar surface area (TPSA) is 21.6 Å². The van der Waals surface area contributed by atoms with Crippen molar-refractivity contribution < 1.29 is 4.74 Å². The van der Waals surface area contributed by atoms with Crippen LogP contribution in [0.3, 0.4) is 0 Å². The molecule has 0 bridgehead atoms. The van der Waals surface area contributed by atoms with Gasteiger partial charge in [-0.3, -0.25) is 4.99 Å². The van der Waals surface area contributed by atoms with Crippen LogP contribution in [0.25, 0.3) is 17.2 Å². The van der Waals surface area contributed by atoms with Crippen LogP contribution in [0.4, 0.5) is 5.69 Å². The van der Waals surface area contributed by atoms with Gasteiger partial charge in [0.05, 0.1) is 5.69 Å². The minimum atomic E-state index is 0.771. The van der Waals surface area contributed by atoms with Crippen LogP contribution in [0.15, 0.2) is 78.3 Å². The summed E-state index contributed by atoms with van der Waals surface area (Å²) in [6.07, 6.45) is 3.55. The molecule has 3 aromatic carbocycles. The average molecular weight is 327 g/mol. The summed E-state index contributed by atoms with van der Waals surface area (Å²) >= 11 is 0. The summed E-state index contributed by atoms with van der Waals surface area (Å²) in [5.41, 5.74) is 5.44. The van der Waals surface area contributed by atoms with Gasteiger partial charge in [-0.2, -0.15) is 0 Å². The number of hydrogen-bond donors (Lipinski definition) is 0. The zero-order valence-corrected chi connectivity index (χ0v) is 14.6. The summed E-state index contributed by atoms with van der Waals surface area (Å²) in [5.74, 6) is 1.57. The lowest BCUT2D eigenvalue weighted by Crippen LogP contribution is -1.88. The van der Waals surface area contributed by atoms with Gasteiger partial charge < -0.3 is 4.74 Å². The summed E-state index contributed by atoms with van der Waals surface area (Å²) in [6.45, 7) is 7.85. The van der Waals surface area contributed by atoms with Crippen LogP contribution in [0.2, 0.25) is 0 Å². The Morgan fingerprint density at radius 2 is 1.52 bits per heavy atom. The molecule has 0 saturated heterocycles. The summed E-state index contributed by atoms with van der Waals surface area (Å²) in [4.78, 5) is 4.29. The monoisotopic (exact) mass is 327 g/mol. The third kappa shape index (κ3) is 4.04. The second-order valence-corrected chi connectivity index (χ2v) is 5.81. The molecule has 3 rings (SSSR count). The van der Waals surface area contributed by atoms with Crippen molar-refractivity contribution in [2.24, 2.45) is 4.99 Å². The van der Waals surface area contributed by atoms with E-state index in [1.165, 1.54) is 16.7 Å². The summed E-state index contributed by atoms with van der Waals surface area (Å²) in [6, 6.07) is 22.4. The lowest BCUT2D eigenvalue weighted by molar-refractivity contribution is 0.481. The van der Waals surface area contributed by atoms with E-state index in [1.807, 2.05) is 37.3 Å². The standard InChI is InChI=1S/C23H21NO/c1-4-18-16-21(24-5-2)12-15-23(18)25-22-13-10-20(11-14-22)19-8-6-17(3)7-9-19/h4-16H,1H2,2-3H3. The van der Waals surface area contributed by atoms with Crippen molar-refractivity contribution >= 4 is 18.0 Å². The van der Waals surface area contributed by atoms with Gasteiger partial charge in [-0.1, -0.05) is 54.6 Å². The first-order valence-corrected chi connectivity index (χ1v) is 8.30. The van der Waals surface area contributed by atoms with Crippen molar-refractivity contribution in [2.75, 3.05) is 0 Å². The van der Waals surface area contributed by atoms with E-state index in [1.54, 1.807) is 12.3 Å². The smallest absolute Gasteiger partial charge is 0.134 e. The van der Waals surface area contributed by atoms with Gasteiger partial charge in [0.2, 0.25) is 0 Å². The van der Waals surface area contributed by atoms with Crippen LogP contribution >= 0.6 is 0 Å². The second kappa shape index (κ2) is 7.63. The van der Waals surface area contributed by atoms with Crippen molar-refractivity contribution in [1.29, 1.82) is 0 Å². The molecule has 0 aromatic heterocycles. The summed E-state index contributed by atoms with van der Waals surface area (Å²) in [5, 5.41) is 0. The Morgan fingerprint density at radius 1 is 0.880 bits per heavy atom. The Kier molecular flexibility index (Phi) is 5.10. The Labute approximate surface area is 149 Å². The maximum absolute atomic E-state index is 6.02. The van der Waals surface area contributed by atoms with Gasteiger partial charge in [0.15, 0.2) is 0 Å². The molecule has 25 heavy (non-hydrogen) atoms. The van der Waals surface area contributed by atoms with E-state index in [2.05, 4.69) is 54.9 Å².